The summed E-state index contributed by atoms with van der Waals surface area (Å²) in [4.78, 5) is 11.2. The fourth-order valence-electron chi connectivity index (χ4n) is 3.49. The van der Waals surface area contributed by atoms with Gasteiger partial charge in [0.2, 0.25) is 0 Å². The van der Waals surface area contributed by atoms with E-state index in [4.69, 9.17) is 0 Å². The highest BCUT2D eigenvalue weighted by atomic mass is 32.2. The molecular formula is C14H22N4S. The van der Waals surface area contributed by atoms with Crippen molar-refractivity contribution in [2.24, 2.45) is 0 Å². The Morgan fingerprint density at radius 1 is 1.32 bits per heavy atom. The Hall–Kier alpha value is -0.810. The first-order valence-electron chi connectivity index (χ1n) is 7.19. The van der Waals surface area contributed by atoms with E-state index in [9.17, 15) is 0 Å². The van der Waals surface area contributed by atoms with Crippen LogP contribution in [0.2, 0.25) is 0 Å². The maximum Gasteiger partial charge on any atom is 0.133 e. The molecule has 0 aromatic carbocycles. The molecule has 2 fully saturated rings. The lowest BCUT2D eigenvalue weighted by molar-refractivity contribution is 0.348. The standard InChI is InChI=1S/C14H22N4S/c1-3-18(13-8-14(19-2)16-9-15-13)12-6-10-4-5-11(7-12)17-10/h8-12,17H,3-7H2,1-2H3. The van der Waals surface area contributed by atoms with Crippen molar-refractivity contribution >= 4 is 17.6 Å². The molecule has 2 aliphatic heterocycles. The Labute approximate surface area is 119 Å². The number of hydrogen-bond acceptors (Lipinski definition) is 5. The number of thioether (sulfide) groups is 1. The number of nitrogens with zero attached hydrogens (tertiary/aromatic N) is 3. The summed E-state index contributed by atoms with van der Waals surface area (Å²) in [5.74, 6) is 1.09. The van der Waals surface area contributed by atoms with Crippen LogP contribution < -0.4 is 10.2 Å². The molecule has 0 amide bonds. The van der Waals surface area contributed by atoms with E-state index >= 15 is 0 Å². The molecule has 2 bridgehead atoms. The second-order valence-electron chi connectivity index (χ2n) is 5.47. The van der Waals surface area contributed by atoms with Crippen LogP contribution in [-0.4, -0.2) is 40.9 Å². The fraction of sp³-hybridized carbons (Fsp3) is 0.714. The maximum atomic E-state index is 4.49. The van der Waals surface area contributed by atoms with Gasteiger partial charge in [-0.15, -0.1) is 11.8 Å². The van der Waals surface area contributed by atoms with Gasteiger partial charge in [-0.25, -0.2) is 9.97 Å². The number of piperidine rings is 1. The van der Waals surface area contributed by atoms with E-state index in [0.29, 0.717) is 6.04 Å². The lowest BCUT2D eigenvalue weighted by Gasteiger charge is -2.38. The molecule has 0 radical (unpaired) electrons. The van der Waals surface area contributed by atoms with Crippen LogP contribution in [0.3, 0.4) is 0 Å². The molecular weight excluding hydrogens is 256 g/mol. The smallest absolute Gasteiger partial charge is 0.133 e. The Morgan fingerprint density at radius 2 is 2.05 bits per heavy atom. The highest BCUT2D eigenvalue weighted by Gasteiger charge is 2.36. The number of anilines is 1. The molecule has 3 rings (SSSR count). The van der Waals surface area contributed by atoms with Crippen molar-refractivity contribution in [1.29, 1.82) is 0 Å². The Kier molecular flexibility index (Phi) is 3.93. The molecule has 19 heavy (non-hydrogen) atoms. The van der Waals surface area contributed by atoms with Crippen LogP contribution in [0.5, 0.6) is 0 Å². The highest BCUT2D eigenvalue weighted by molar-refractivity contribution is 7.98. The molecule has 3 heterocycles. The summed E-state index contributed by atoms with van der Waals surface area (Å²) in [6.45, 7) is 3.25. The van der Waals surface area contributed by atoms with Crippen LogP contribution in [0.1, 0.15) is 32.6 Å². The first-order chi connectivity index (χ1) is 9.30. The first-order valence-corrected chi connectivity index (χ1v) is 8.41. The van der Waals surface area contributed by atoms with Crippen LogP contribution >= 0.6 is 11.8 Å². The first kappa shape index (κ1) is 13.2. The summed E-state index contributed by atoms with van der Waals surface area (Å²) in [7, 11) is 0. The number of nitrogens with one attached hydrogen (secondary N) is 1. The third-order valence-corrected chi connectivity index (χ3v) is 5.00. The predicted octanol–water partition coefficient (Wildman–Crippen LogP) is 2.31. The average molecular weight is 278 g/mol. The third-order valence-electron chi connectivity index (χ3n) is 4.36. The van der Waals surface area contributed by atoms with Crippen molar-refractivity contribution in [2.45, 2.75) is 55.8 Å². The monoisotopic (exact) mass is 278 g/mol. The second kappa shape index (κ2) is 5.67. The van der Waals surface area contributed by atoms with Gasteiger partial charge < -0.3 is 10.2 Å². The maximum absolute atomic E-state index is 4.49. The Bertz CT molecular complexity index is 427. The molecule has 2 aliphatic rings. The molecule has 2 atom stereocenters. The average Bonchev–Trinajstić information content (AvgIpc) is 2.79. The van der Waals surface area contributed by atoms with Crippen molar-refractivity contribution in [3.05, 3.63) is 12.4 Å². The predicted molar refractivity (Wildman–Crippen MR) is 79.8 cm³/mol. The van der Waals surface area contributed by atoms with Gasteiger partial charge in [-0.3, -0.25) is 0 Å². The number of rotatable bonds is 4. The summed E-state index contributed by atoms with van der Waals surface area (Å²) in [6, 6.07) is 4.20. The minimum atomic E-state index is 0.633. The molecule has 104 valence electrons. The van der Waals surface area contributed by atoms with Crippen molar-refractivity contribution in [2.75, 3.05) is 17.7 Å². The molecule has 5 heteroatoms. The van der Waals surface area contributed by atoms with E-state index in [1.165, 1.54) is 25.7 Å². The van der Waals surface area contributed by atoms with Gasteiger partial charge in [-0.2, -0.15) is 0 Å². The van der Waals surface area contributed by atoms with Gasteiger partial charge in [0.1, 0.15) is 17.2 Å². The van der Waals surface area contributed by atoms with E-state index < -0.39 is 0 Å². The van der Waals surface area contributed by atoms with E-state index in [1.807, 2.05) is 0 Å². The number of aromatic nitrogens is 2. The van der Waals surface area contributed by atoms with Gasteiger partial charge in [0.05, 0.1) is 0 Å². The van der Waals surface area contributed by atoms with Crippen molar-refractivity contribution in [3.63, 3.8) is 0 Å². The largest absolute Gasteiger partial charge is 0.354 e. The molecule has 1 aromatic rings. The normalized spacial score (nSPS) is 29.5. The van der Waals surface area contributed by atoms with E-state index in [-0.39, 0.29) is 0 Å². The minimum absolute atomic E-state index is 0.633. The molecule has 2 unspecified atom stereocenters. The zero-order chi connectivity index (χ0) is 13.2. The Morgan fingerprint density at radius 3 is 2.68 bits per heavy atom. The Balaban J connectivity index is 1.79. The lowest BCUT2D eigenvalue weighted by Crippen LogP contribution is -2.48. The van der Waals surface area contributed by atoms with Gasteiger partial charge in [-0.1, -0.05) is 0 Å². The highest BCUT2D eigenvalue weighted by Crippen LogP contribution is 2.31. The fourth-order valence-corrected chi connectivity index (χ4v) is 3.86. The second-order valence-corrected chi connectivity index (χ2v) is 6.29. The molecule has 0 spiro atoms. The van der Waals surface area contributed by atoms with Crippen LogP contribution in [-0.2, 0) is 0 Å². The summed E-state index contributed by atoms with van der Waals surface area (Å²) in [5, 5.41) is 4.77. The quantitative estimate of drug-likeness (QED) is 0.676. The summed E-state index contributed by atoms with van der Waals surface area (Å²) < 4.78 is 0. The summed E-state index contributed by atoms with van der Waals surface area (Å²) in [6.07, 6.45) is 8.95. The molecule has 1 aromatic heterocycles. The molecule has 0 aliphatic carbocycles. The van der Waals surface area contributed by atoms with Gasteiger partial charge in [-0.05, 0) is 38.9 Å². The minimum Gasteiger partial charge on any atom is -0.354 e. The van der Waals surface area contributed by atoms with Gasteiger partial charge in [0.25, 0.3) is 0 Å². The van der Waals surface area contributed by atoms with E-state index in [2.05, 4.69) is 39.4 Å². The van der Waals surface area contributed by atoms with Crippen molar-refractivity contribution < 1.29 is 0 Å². The number of fused-ring (bicyclic) bond motifs is 2. The van der Waals surface area contributed by atoms with Gasteiger partial charge in [0, 0.05) is 30.7 Å². The lowest BCUT2D eigenvalue weighted by atomic mass is 9.98. The third kappa shape index (κ3) is 2.72. The molecule has 0 saturated carbocycles. The summed E-state index contributed by atoms with van der Waals surface area (Å²) >= 11 is 1.68. The van der Waals surface area contributed by atoms with Crippen molar-refractivity contribution in [3.8, 4) is 0 Å². The SMILES string of the molecule is CCN(c1cc(SC)ncn1)C1CC2CCC(C1)N2. The molecule has 2 saturated heterocycles. The topological polar surface area (TPSA) is 41.1 Å². The van der Waals surface area contributed by atoms with Gasteiger partial charge >= 0.3 is 0 Å². The van der Waals surface area contributed by atoms with Crippen molar-refractivity contribution in [1.82, 2.24) is 15.3 Å². The number of hydrogen-bond donors (Lipinski definition) is 1. The van der Waals surface area contributed by atoms with Crippen LogP contribution in [0.4, 0.5) is 5.82 Å². The molecule has 4 nitrogen and oxygen atoms in total. The zero-order valence-corrected chi connectivity index (χ0v) is 12.5. The van der Waals surface area contributed by atoms with E-state index in [0.717, 1.165) is 29.5 Å². The van der Waals surface area contributed by atoms with Crippen LogP contribution in [0, 0.1) is 0 Å². The zero-order valence-electron chi connectivity index (χ0n) is 11.7. The summed E-state index contributed by atoms with van der Waals surface area (Å²) in [5.41, 5.74) is 0. The molecule has 1 N–H and O–H groups in total. The van der Waals surface area contributed by atoms with Gasteiger partial charge in [0.15, 0.2) is 0 Å². The van der Waals surface area contributed by atoms with E-state index in [1.54, 1.807) is 18.1 Å². The van der Waals surface area contributed by atoms with Crippen LogP contribution in [0.25, 0.3) is 0 Å². The van der Waals surface area contributed by atoms with Crippen LogP contribution in [0.15, 0.2) is 17.4 Å².